The minimum absolute atomic E-state index is 0.0436. The number of carbonyl (C=O) groups excluding carboxylic acids is 1. The number of amides is 1. The Morgan fingerprint density at radius 1 is 1.25 bits per heavy atom. The number of benzene rings is 1. The van der Waals surface area contributed by atoms with Crippen LogP contribution in [0.3, 0.4) is 0 Å². The molecule has 1 amide bonds. The van der Waals surface area contributed by atoms with Crippen molar-refractivity contribution in [2.24, 2.45) is 7.05 Å². The zero-order chi connectivity index (χ0) is 19.5. The van der Waals surface area contributed by atoms with Crippen molar-refractivity contribution in [1.82, 2.24) is 14.7 Å². The predicted molar refractivity (Wildman–Crippen MR) is 105 cm³/mol. The Hall–Kier alpha value is -3.02. The number of fused-ring (bicyclic) bond motifs is 1. The van der Waals surface area contributed by atoms with Crippen LogP contribution in [0.1, 0.15) is 34.7 Å². The molecule has 0 fully saturated rings. The van der Waals surface area contributed by atoms with Gasteiger partial charge in [-0.1, -0.05) is 12.1 Å². The maximum atomic E-state index is 13.2. The maximum Gasteiger partial charge on any atom is 0.227 e. The zero-order valence-electron chi connectivity index (χ0n) is 16.4. The summed E-state index contributed by atoms with van der Waals surface area (Å²) in [4.78, 5) is 15.0. The normalized spacial score (nSPS) is 12.8. The van der Waals surface area contributed by atoms with Crippen LogP contribution in [0.4, 0.5) is 0 Å². The minimum atomic E-state index is 0.0436. The van der Waals surface area contributed by atoms with Crippen LogP contribution < -0.4 is 4.74 Å². The average Bonchev–Trinajstić information content (AvgIpc) is 3.42. The number of aryl methyl sites for hydroxylation is 1. The largest absolute Gasteiger partial charge is 0.497 e. The van der Waals surface area contributed by atoms with Gasteiger partial charge in [0.2, 0.25) is 5.91 Å². The van der Waals surface area contributed by atoms with Crippen LogP contribution in [0, 0.1) is 0 Å². The molecule has 0 bridgehead atoms. The van der Waals surface area contributed by atoms with E-state index in [0.29, 0.717) is 19.5 Å². The SMILES string of the molecule is COc1cccc(CC(=O)N(Cc2ccco2)Cc2nn(C)c3c2CCC3)c1. The van der Waals surface area contributed by atoms with Gasteiger partial charge < -0.3 is 14.1 Å². The quantitative estimate of drug-likeness (QED) is 0.632. The summed E-state index contributed by atoms with van der Waals surface area (Å²) in [5, 5.41) is 4.69. The van der Waals surface area contributed by atoms with E-state index >= 15 is 0 Å². The van der Waals surface area contributed by atoms with Crippen molar-refractivity contribution in [2.75, 3.05) is 7.11 Å². The van der Waals surface area contributed by atoms with E-state index < -0.39 is 0 Å². The summed E-state index contributed by atoms with van der Waals surface area (Å²) in [5.41, 5.74) is 4.54. The van der Waals surface area contributed by atoms with Crippen LogP contribution in [0.5, 0.6) is 5.75 Å². The molecule has 0 spiro atoms. The van der Waals surface area contributed by atoms with Gasteiger partial charge in [-0.15, -0.1) is 0 Å². The molecule has 0 radical (unpaired) electrons. The highest BCUT2D eigenvalue weighted by atomic mass is 16.5. The molecule has 0 saturated carbocycles. The van der Waals surface area contributed by atoms with Crippen LogP contribution >= 0.6 is 0 Å². The number of rotatable bonds is 7. The van der Waals surface area contributed by atoms with E-state index in [4.69, 9.17) is 14.3 Å². The Bertz CT molecular complexity index is 960. The number of carbonyl (C=O) groups is 1. The molecule has 6 nitrogen and oxygen atoms in total. The standard InChI is InChI=1S/C22H25N3O3/c1-24-21-10-4-9-19(21)20(23-24)15-25(14-18-8-5-11-28-18)22(26)13-16-6-3-7-17(12-16)27-2/h3,5-8,11-12H,4,9-10,13-15H2,1-2H3. The van der Waals surface area contributed by atoms with Gasteiger partial charge in [-0.3, -0.25) is 9.48 Å². The third kappa shape index (κ3) is 3.81. The van der Waals surface area contributed by atoms with Crippen LogP contribution in [0.25, 0.3) is 0 Å². The number of ether oxygens (including phenoxy) is 1. The zero-order valence-corrected chi connectivity index (χ0v) is 16.4. The monoisotopic (exact) mass is 379 g/mol. The Morgan fingerprint density at radius 3 is 2.93 bits per heavy atom. The van der Waals surface area contributed by atoms with Gasteiger partial charge in [-0.25, -0.2) is 0 Å². The summed E-state index contributed by atoms with van der Waals surface area (Å²) >= 11 is 0. The topological polar surface area (TPSA) is 60.5 Å². The van der Waals surface area contributed by atoms with Crippen LogP contribution in [0.15, 0.2) is 47.1 Å². The van der Waals surface area contributed by atoms with Crippen molar-refractivity contribution in [2.45, 2.75) is 38.8 Å². The van der Waals surface area contributed by atoms with Crippen molar-refractivity contribution in [3.63, 3.8) is 0 Å². The van der Waals surface area contributed by atoms with Crippen LogP contribution in [-0.4, -0.2) is 27.7 Å². The highest BCUT2D eigenvalue weighted by Gasteiger charge is 2.24. The van der Waals surface area contributed by atoms with Crippen molar-refractivity contribution < 1.29 is 13.9 Å². The third-order valence-electron chi connectivity index (χ3n) is 5.31. The lowest BCUT2D eigenvalue weighted by Crippen LogP contribution is -2.31. The number of aromatic nitrogens is 2. The van der Waals surface area contributed by atoms with E-state index in [2.05, 4.69) is 0 Å². The summed E-state index contributed by atoms with van der Waals surface area (Å²) in [7, 11) is 3.62. The van der Waals surface area contributed by atoms with Crippen LogP contribution in [-0.2, 0) is 44.2 Å². The second-order valence-electron chi connectivity index (χ2n) is 7.21. The van der Waals surface area contributed by atoms with Crippen molar-refractivity contribution in [3.05, 3.63) is 70.9 Å². The highest BCUT2D eigenvalue weighted by Crippen LogP contribution is 2.26. The third-order valence-corrected chi connectivity index (χ3v) is 5.31. The number of methoxy groups -OCH3 is 1. The highest BCUT2D eigenvalue weighted by molar-refractivity contribution is 5.78. The molecule has 2 aromatic heterocycles. The predicted octanol–water partition coefficient (Wildman–Crippen LogP) is 3.28. The lowest BCUT2D eigenvalue weighted by atomic mass is 10.1. The molecule has 0 saturated heterocycles. The molecule has 0 N–H and O–H groups in total. The van der Waals surface area contributed by atoms with E-state index in [-0.39, 0.29) is 5.91 Å². The van der Waals surface area contributed by atoms with Gasteiger partial charge in [0.05, 0.1) is 38.6 Å². The molecule has 1 aliphatic carbocycles. The first-order chi connectivity index (χ1) is 13.6. The van der Waals surface area contributed by atoms with Gasteiger partial charge in [0.25, 0.3) is 0 Å². The first-order valence-corrected chi connectivity index (χ1v) is 9.60. The Morgan fingerprint density at radius 2 is 2.14 bits per heavy atom. The molecular formula is C22H25N3O3. The fourth-order valence-electron chi connectivity index (χ4n) is 3.90. The molecule has 28 heavy (non-hydrogen) atoms. The van der Waals surface area contributed by atoms with Crippen molar-refractivity contribution in [1.29, 1.82) is 0 Å². The summed E-state index contributed by atoms with van der Waals surface area (Å²) in [5.74, 6) is 1.57. The number of hydrogen-bond acceptors (Lipinski definition) is 4. The van der Waals surface area contributed by atoms with Crippen LogP contribution in [0.2, 0.25) is 0 Å². The molecule has 1 aliphatic rings. The second kappa shape index (κ2) is 7.92. The van der Waals surface area contributed by atoms with Gasteiger partial charge in [0, 0.05) is 12.7 Å². The summed E-state index contributed by atoms with van der Waals surface area (Å²) in [6.07, 6.45) is 5.21. The van der Waals surface area contributed by atoms with E-state index in [0.717, 1.165) is 42.0 Å². The fourth-order valence-corrected chi connectivity index (χ4v) is 3.90. The molecular weight excluding hydrogens is 354 g/mol. The molecule has 0 atom stereocenters. The Kier molecular flexibility index (Phi) is 5.19. The molecule has 146 valence electrons. The van der Waals surface area contributed by atoms with E-state index in [1.807, 2.05) is 53.0 Å². The first kappa shape index (κ1) is 18.3. The number of furan rings is 1. The van der Waals surface area contributed by atoms with Gasteiger partial charge in [-0.05, 0) is 54.7 Å². The van der Waals surface area contributed by atoms with Gasteiger partial charge in [0.15, 0.2) is 0 Å². The average molecular weight is 379 g/mol. The summed E-state index contributed by atoms with van der Waals surface area (Å²) in [6.45, 7) is 0.924. The fraction of sp³-hybridized carbons (Fsp3) is 0.364. The molecule has 4 rings (SSSR count). The van der Waals surface area contributed by atoms with Crippen molar-refractivity contribution >= 4 is 5.91 Å². The van der Waals surface area contributed by atoms with E-state index in [1.165, 1.54) is 11.3 Å². The number of hydrogen-bond donors (Lipinski definition) is 0. The summed E-state index contributed by atoms with van der Waals surface area (Å²) < 4.78 is 12.7. The Labute approximate surface area is 164 Å². The minimum Gasteiger partial charge on any atom is -0.497 e. The Balaban J connectivity index is 1.56. The van der Waals surface area contributed by atoms with E-state index in [9.17, 15) is 4.79 Å². The molecule has 6 heteroatoms. The molecule has 2 heterocycles. The number of nitrogens with zero attached hydrogens (tertiary/aromatic N) is 3. The first-order valence-electron chi connectivity index (χ1n) is 9.60. The molecule has 3 aromatic rings. The van der Waals surface area contributed by atoms with Gasteiger partial charge >= 0.3 is 0 Å². The van der Waals surface area contributed by atoms with Gasteiger partial charge in [0.1, 0.15) is 11.5 Å². The molecule has 1 aromatic carbocycles. The molecule has 0 aliphatic heterocycles. The van der Waals surface area contributed by atoms with E-state index in [1.54, 1.807) is 13.4 Å². The maximum absolute atomic E-state index is 13.2. The molecule has 0 unspecified atom stereocenters. The van der Waals surface area contributed by atoms with Gasteiger partial charge in [-0.2, -0.15) is 5.10 Å². The van der Waals surface area contributed by atoms with Crippen molar-refractivity contribution in [3.8, 4) is 5.75 Å². The summed E-state index contributed by atoms with van der Waals surface area (Å²) in [6, 6.07) is 11.4. The smallest absolute Gasteiger partial charge is 0.227 e. The lowest BCUT2D eigenvalue weighted by molar-refractivity contribution is -0.132. The lowest BCUT2D eigenvalue weighted by Gasteiger charge is -2.21. The second-order valence-corrected chi connectivity index (χ2v) is 7.21.